The Balaban J connectivity index is 1.16. The molecule has 0 amide bonds. The highest BCUT2D eigenvalue weighted by molar-refractivity contribution is 7.26. The van der Waals surface area contributed by atoms with Gasteiger partial charge >= 0.3 is 0 Å². The Morgan fingerprint density at radius 2 is 1.22 bits per heavy atom. The molecule has 13 rings (SSSR count). The quantitative estimate of drug-likeness (QED) is 0.189. The molecule has 4 fully saturated rings. The lowest BCUT2D eigenvalue weighted by Gasteiger charge is -2.61. The fourth-order valence-corrected chi connectivity index (χ4v) is 12.7. The zero-order valence-corrected chi connectivity index (χ0v) is 28.0. The minimum Gasteiger partial charge on any atom is -0.454 e. The van der Waals surface area contributed by atoms with Gasteiger partial charge in [0.1, 0.15) is 5.58 Å². The maximum absolute atomic E-state index is 6.78. The average Bonchev–Trinajstić information content (AvgIpc) is 3.80. The van der Waals surface area contributed by atoms with E-state index in [9.17, 15) is 0 Å². The van der Waals surface area contributed by atoms with Gasteiger partial charge in [0.2, 0.25) is 0 Å². The van der Waals surface area contributed by atoms with E-state index in [4.69, 9.17) is 4.42 Å². The zero-order chi connectivity index (χ0) is 31.8. The summed E-state index contributed by atoms with van der Waals surface area (Å²) in [6.07, 6.45) is 6.99. The molecular formula is C46H35NOS. The van der Waals surface area contributed by atoms with Gasteiger partial charge in [0.25, 0.3) is 0 Å². The molecule has 2 heterocycles. The summed E-state index contributed by atoms with van der Waals surface area (Å²) in [5.74, 6) is 3.27. The Morgan fingerprint density at radius 1 is 0.551 bits per heavy atom. The summed E-state index contributed by atoms with van der Waals surface area (Å²) in [5.41, 5.74) is 11.6. The van der Waals surface area contributed by atoms with Crippen molar-refractivity contribution in [2.75, 3.05) is 4.90 Å². The van der Waals surface area contributed by atoms with Crippen LogP contribution in [0.3, 0.4) is 0 Å². The summed E-state index contributed by atoms with van der Waals surface area (Å²) in [7, 11) is 0. The van der Waals surface area contributed by atoms with Crippen molar-refractivity contribution in [1.82, 2.24) is 0 Å². The molecule has 2 aromatic heterocycles. The standard InChI is InChI=1S/C46H35NOS/c1-4-13-37-32(9-1)33-20-19-31(26-38(33)46(37)29-22-27-21-28(24-29)25-30(46)23-27)47(39-14-8-18-43-44(39)36-11-3-6-17-42(36)49-43)40-15-7-12-35-34-10-2-5-16-41(34)48-45(35)40/h1-20,26-30H,21-25H2. The van der Waals surface area contributed by atoms with Gasteiger partial charge in [-0.3, -0.25) is 0 Å². The van der Waals surface area contributed by atoms with Crippen LogP contribution in [0.15, 0.2) is 132 Å². The van der Waals surface area contributed by atoms with Gasteiger partial charge in [0, 0.05) is 42.0 Å². The maximum Gasteiger partial charge on any atom is 0.159 e. The van der Waals surface area contributed by atoms with Crippen LogP contribution in [0.2, 0.25) is 0 Å². The molecule has 2 nitrogen and oxygen atoms in total. The van der Waals surface area contributed by atoms with Crippen molar-refractivity contribution in [3.63, 3.8) is 0 Å². The van der Waals surface area contributed by atoms with Crippen LogP contribution >= 0.6 is 11.3 Å². The number of furan rings is 1. The van der Waals surface area contributed by atoms with Gasteiger partial charge in [-0.2, -0.15) is 0 Å². The van der Waals surface area contributed by atoms with Crippen molar-refractivity contribution in [3.8, 4) is 11.1 Å². The number of fused-ring (bicyclic) bond motifs is 9. The molecule has 1 spiro atoms. The largest absolute Gasteiger partial charge is 0.454 e. The van der Waals surface area contributed by atoms with E-state index in [1.165, 1.54) is 74.8 Å². The fraction of sp³-hybridized carbons (Fsp3) is 0.217. The van der Waals surface area contributed by atoms with Gasteiger partial charge in [0.15, 0.2) is 5.58 Å². The number of benzene rings is 6. The summed E-state index contributed by atoms with van der Waals surface area (Å²) in [5, 5.41) is 4.94. The van der Waals surface area contributed by atoms with E-state index in [1.807, 2.05) is 11.3 Å². The van der Waals surface area contributed by atoms with E-state index in [1.54, 1.807) is 11.1 Å². The van der Waals surface area contributed by atoms with Crippen LogP contribution in [0, 0.1) is 23.7 Å². The average molecular weight is 650 g/mol. The molecule has 0 unspecified atom stereocenters. The Bertz CT molecular complexity index is 2630. The van der Waals surface area contributed by atoms with Crippen molar-refractivity contribution in [3.05, 3.63) is 139 Å². The number of para-hydroxylation sites is 2. The second-order valence-corrected chi connectivity index (χ2v) is 16.4. The molecule has 3 heteroatoms. The Labute approximate surface area is 289 Å². The number of thiophene rings is 1. The van der Waals surface area contributed by atoms with Gasteiger partial charge in [0.05, 0.1) is 11.4 Å². The van der Waals surface area contributed by atoms with Crippen LogP contribution in [-0.4, -0.2) is 0 Å². The van der Waals surface area contributed by atoms with Crippen molar-refractivity contribution in [2.24, 2.45) is 23.7 Å². The molecule has 0 N–H and O–H groups in total. The zero-order valence-electron chi connectivity index (χ0n) is 27.2. The van der Waals surface area contributed by atoms with E-state index >= 15 is 0 Å². The van der Waals surface area contributed by atoms with Gasteiger partial charge in [-0.1, -0.05) is 84.9 Å². The molecule has 4 saturated carbocycles. The van der Waals surface area contributed by atoms with Crippen molar-refractivity contribution >= 4 is 70.5 Å². The topological polar surface area (TPSA) is 16.4 Å². The van der Waals surface area contributed by atoms with Gasteiger partial charge in [-0.25, -0.2) is 0 Å². The summed E-state index contributed by atoms with van der Waals surface area (Å²) >= 11 is 1.89. The third kappa shape index (κ3) is 3.47. The predicted molar refractivity (Wildman–Crippen MR) is 205 cm³/mol. The Morgan fingerprint density at radius 3 is 2.10 bits per heavy atom. The van der Waals surface area contributed by atoms with Crippen LogP contribution in [0.4, 0.5) is 17.1 Å². The maximum atomic E-state index is 6.78. The lowest BCUT2D eigenvalue weighted by molar-refractivity contribution is -0.0399. The number of hydrogen-bond acceptors (Lipinski definition) is 3. The van der Waals surface area contributed by atoms with Gasteiger partial charge < -0.3 is 9.32 Å². The number of rotatable bonds is 3. The summed E-state index contributed by atoms with van der Waals surface area (Å²) < 4.78 is 9.41. The summed E-state index contributed by atoms with van der Waals surface area (Å²) in [6.45, 7) is 0. The molecule has 0 radical (unpaired) electrons. The SMILES string of the molecule is c1ccc2c(c1)-c1ccc(N(c3cccc4c3oc3ccccc34)c3cccc4sc5ccccc5c34)cc1C21C2CC3CC(C2)CC1C3. The smallest absolute Gasteiger partial charge is 0.159 e. The number of hydrogen-bond donors (Lipinski definition) is 0. The van der Waals surface area contributed by atoms with E-state index < -0.39 is 0 Å². The third-order valence-electron chi connectivity index (χ3n) is 13.0. The normalized spacial score (nSPS) is 24.8. The minimum absolute atomic E-state index is 0.105. The van der Waals surface area contributed by atoms with Gasteiger partial charge in [-0.05, 0) is 120 Å². The highest BCUT2D eigenvalue weighted by Gasteiger charge is 2.61. The first-order chi connectivity index (χ1) is 24.3. The van der Waals surface area contributed by atoms with E-state index in [0.29, 0.717) is 0 Å². The second-order valence-electron chi connectivity index (χ2n) is 15.3. The molecule has 6 aromatic carbocycles. The van der Waals surface area contributed by atoms with Crippen LogP contribution < -0.4 is 4.90 Å². The predicted octanol–water partition coefficient (Wildman–Crippen LogP) is 13.1. The highest BCUT2D eigenvalue weighted by atomic mass is 32.1. The first kappa shape index (κ1) is 27.0. The molecule has 0 saturated heterocycles. The van der Waals surface area contributed by atoms with E-state index in [2.05, 4.69) is 132 Å². The minimum atomic E-state index is 0.105. The monoisotopic (exact) mass is 649 g/mol. The lowest BCUT2D eigenvalue weighted by atomic mass is 9.43. The Hall–Kier alpha value is -4.86. The molecule has 5 aliphatic carbocycles. The first-order valence-electron chi connectivity index (χ1n) is 18.1. The number of nitrogens with zero attached hydrogens (tertiary/aromatic N) is 1. The van der Waals surface area contributed by atoms with Crippen molar-refractivity contribution in [1.29, 1.82) is 0 Å². The Kier molecular flexibility index (Phi) is 5.32. The summed E-state index contributed by atoms with van der Waals surface area (Å²) in [4.78, 5) is 2.53. The van der Waals surface area contributed by atoms with Gasteiger partial charge in [-0.15, -0.1) is 11.3 Å². The fourth-order valence-electron chi connectivity index (χ4n) is 11.5. The second kappa shape index (κ2) is 9.64. The van der Waals surface area contributed by atoms with Crippen LogP contribution in [0.1, 0.15) is 43.2 Å². The molecule has 49 heavy (non-hydrogen) atoms. The van der Waals surface area contributed by atoms with Crippen LogP contribution in [0.25, 0.3) is 53.2 Å². The lowest BCUT2D eigenvalue weighted by Crippen LogP contribution is -2.55. The molecular weight excluding hydrogens is 615 g/mol. The van der Waals surface area contributed by atoms with Crippen molar-refractivity contribution in [2.45, 2.75) is 37.5 Å². The number of anilines is 3. The van der Waals surface area contributed by atoms with E-state index in [-0.39, 0.29) is 5.41 Å². The molecule has 4 bridgehead atoms. The van der Waals surface area contributed by atoms with E-state index in [0.717, 1.165) is 51.3 Å². The third-order valence-corrected chi connectivity index (χ3v) is 14.2. The van der Waals surface area contributed by atoms with Crippen LogP contribution in [-0.2, 0) is 5.41 Å². The molecule has 236 valence electrons. The molecule has 0 atom stereocenters. The summed E-state index contributed by atoms with van der Waals surface area (Å²) in [6, 6.07) is 47.8. The first-order valence-corrected chi connectivity index (χ1v) is 18.9. The molecule has 5 aliphatic rings. The molecule has 0 aliphatic heterocycles. The van der Waals surface area contributed by atoms with Crippen LogP contribution in [0.5, 0.6) is 0 Å². The van der Waals surface area contributed by atoms with Crippen molar-refractivity contribution < 1.29 is 4.42 Å². The molecule has 8 aromatic rings. The highest BCUT2D eigenvalue weighted by Crippen LogP contribution is 2.69.